The maximum atomic E-state index is 6.57. The van der Waals surface area contributed by atoms with Gasteiger partial charge in [-0.3, -0.25) is 4.99 Å². The van der Waals surface area contributed by atoms with E-state index in [1.54, 1.807) is 0 Å². The molecule has 9 rings (SSSR count). The van der Waals surface area contributed by atoms with Crippen molar-refractivity contribution in [3.05, 3.63) is 181 Å². The van der Waals surface area contributed by atoms with Crippen molar-refractivity contribution in [3.63, 3.8) is 0 Å². The maximum absolute atomic E-state index is 6.57. The zero-order valence-electron chi connectivity index (χ0n) is 27.2. The predicted octanol–water partition coefficient (Wildman–Crippen LogP) is 11.0. The fourth-order valence-electron chi connectivity index (χ4n) is 7.47. The molecule has 0 spiro atoms. The van der Waals surface area contributed by atoms with Crippen molar-refractivity contribution in [2.24, 2.45) is 10.7 Å². The molecule has 0 radical (unpaired) electrons. The molecule has 1 unspecified atom stereocenters. The summed E-state index contributed by atoms with van der Waals surface area (Å²) in [7, 11) is 0. The van der Waals surface area contributed by atoms with Crippen LogP contribution in [-0.4, -0.2) is 15.0 Å². The lowest BCUT2D eigenvalue weighted by Gasteiger charge is -2.14. The Labute approximate surface area is 285 Å². The van der Waals surface area contributed by atoms with Gasteiger partial charge in [0.15, 0.2) is 0 Å². The van der Waals surface area contributed by atoms with Crippen molar-refractivity contribution in [3.8, 4) is 22.5 Å². The number of nitrogens with zero attached hydrogens (tertiary/aromatic N) is 3. The summed E-state index contributed by atoms with van der Waals surface area (Å²) < 4.78 is 4.78. The second kappa shape index (κ2) is 11.7. The fraction of sp³-hybridized carbons (Fsp3) is 0.0444. The average molecular weight is 631 g/mol. The summed E-state index contributed by atoms with van der Waals surface area (Å²) in [6, 6.07) is 60.2. The molecular formula is C45H34N4. The van der Waals surface area contributed by atoms with Gasteiger partial charge in [0.05, 0.1) is 28.1 Å². The summed E-state index contributed by atoms with van der Waals surface area (Å²) >= 11 is 0. The van der Waals surface area contributed by atoms with E-state index in [0.717, 1.165) is 28.0 Å². The third-order valence-corrected chi connectivity index (χ3v) is 9.73. The van der Waals surface area contributed by atoms with Gasteiger partial charge in [-0.1, -0.05) is 115 Å². The van der Waals surface area contributed by atoms with Gasteiger partial charge in [-0.15, -0.1) is 0 Å². The largest absolute Gasteiger partial charge is 0.383 e. The van der Waals surface area contributed by atoms with Crippen molar-refractivity contribution in [1.29, 1.82) is 0 Å². The molecule has 0 aliphatic carbocycles. The number of fused-ring (bicyclic) bond motifs is 6. The van der Waals surface area contributed by atoms with Gasteiger partial charge in [-0.2, -0.15) is 0 Å². The van der Waals surface area contributed by atoms with Gasteiger partial charge < -0.3 is 14.9 Å². The van der Waals surface area contributed by atoms with Crippen molar-refractivity contribution < 1.29 is 0 Å². The van der Waals surface area contributed by atoms with Crippen molar-refractivity contribution in [2.45, 2.75) is 13.0 Å². The highest BCUT2D eigenvalue weighted by molar-refractivity contribution is 6.20. The number of hydrogen-bond donors (Lipinski definition) is 1. The fourth-order valence-corrected chi connectivity index (χ4v) is 7.47. The molecule has 0 aliphatic heterocycles. The number of rotatable bonds is 6. The van der Waals surface area contributed by atoms with Crippen LogP contribution in [0.25, 0.3) is 66.1 Å². The molecule has 4 heteroatoms. The molecule has 0 saturated carbocycles. The molecule has 0 saturated heterocycles. The Morgan fingerprint density at radius 1 is 0.490 bits per heavy atom. The summed E-state index contributed by atoms with van der Waals surface area (Å²) in [5.41, 5.74) is 18.0. The van der Waals surface area contributed by atoms with E-state index in [2.05, 4.69) is 168 Å². The highest BCUT2D eigenvalue weighted by atomic mass is 15.0. The number of para-hydroxylation sites is 4. The van der Waals surface area contributed by atoms with Crippen LogP contribution in [0.2, 0.25) is 0 Å². The molecule has 2 aromatic heterocycles. The van der Waals surface area contributed by atoms with Crippen LogP contribution in [0.5, 0.6) is 0 Å². The molecule has 4 nitrogen and oxygen atoms in total. The third kappa shape index (κ3) is 4.72. The van der Waals surface area contributed by atoms with E-state index in [0.29, 0.717) is 5.84 Å². The van der Waals surface area contributed by atoms with E-state index in [-0.39, 0.29) is 6.04 Å². The minimum atomic E-state index is -0.0312. The lowest BCUT2D eigenvalue weighted by molar-refractivity contribution is 0.818. The van der Waals surface area contributed by atoms with Crippen LogP contribution in [0.1, 0.15) is 24.1 Å². The number of benzene rings is 7. The van der Waals surface area contributed by atoms with Gasteiger partial charge in [0.25, 0.3) is 0 Å². The van der Waals surface area contributed by atoms with E-state index in [4.69, 9.17) is 10.7 Å². The van der Waals surface area contributed by atoms with E-state index in [1.807, 2.05) is 18.2 Å². The smallest absolute Gasteiger partial charge is 0.126 e. The Morgan fingerprint density at radius 3 is 1.80 bits per heavy atom. The topological polar surface area (TPSA) is 48.2 Å². The first-order chi connectivity index (χ1) is 24.2. The number of aromatic nitrogens is 2. The first-order valence-corrected chi connectivity index (χ1v) is 16.8. The zero-order chi connectivity index (χ0) is 32.9. The SMILES string of the molecule is CC(N=C(N)c1ccc(-n2c3ccccc3c3cccc(-c4cccc5c4c4ccccc4n5-c4ccccc4)c32)cc1)c1ccccc1. The van der Waals surface area contributed by atoms with E-state index in [1.165, 1.54) is 49.2 Å². The molecule has 9 aromatic rings. The highest BCUT2D eigenvalue weighted by Crippen LogP contribution is 2.43. The van der Waals surface area contributed by atoms with Crippen molar-refractivity contribution in [1.82, 2.24) is 9.13 Å². The lowest BCUT2D eigenvalue weighted by atomic mass is 9.97. The Kier molecular flexibility index (Phi) is 6.87. The third-order valence-electron chi connectivity index (χ3n) is 9.73. The average Bonchev–Trinajstić information content (AvgIpc) is 3.69. The van der Waals surface area contributed by atoms with Crippen molar-refractivity contribution in [2.75, 3.05) is 0 Å². The Balaban J connectivity index is 1.26. The van der Waals surface area contributed by atoms with Crippen LogP contribution in [0.4, 0.5) is 0 Å². The maximum Gasteiger partial charge on any atom is 0.126 e. The van der Waals surface area contributed by atoms with E-state index >= 15 is 0 Å². The van der Waals surface area contributed by atoms with Crippen LogP contribution in [0.15, 0.2) is 175 Å². The Morgan fingerprint density at radius 2 is 1.04 bits per heavy atom. The van der Waals surface area contributed by atoms with Gasteiger partial charge in [-0.05, 0) is 72.6 Å². The Hall–Kier alpha value is -6.39. The molecule has 0 fully saturated rings. The summed E-state index contributed by atoms with van der Waals surface area (Å²) in [4.78, 5) is 4.83. The summed E-state index contributed by atoms with van der Waals surface area (Å²) in [6.07, 6.45) is 0. The van der Waals surface area contributed by atoms with Gasteiger partial charge in [0, 0.05) is 44.0 Å². The van der Waals surface area contributed by atoms with E-state index < -0.39 is 0 Å². The van der Waals surface area contributed by atoms with Crippen LogP contribution >= 0.6 is 0 Å². The van der Waals surface area contributed by atoms with Crippen LogP contribution in [-0.2, 0) is 0 Å². The first-order valence-electron chi connectivity index (χ1n) is 16.8. The van der Waals surface area contributed by atoms with E-state index in [9.17, 15) is 0 Å². The first kappa shape index (κ1) is 28.8. The number of hydrogen-bond acceptors (Lipinski definition) is 1. The minimum Gasteiger partial charge on any atom is -0.383 e. The summed E-state index contributed by atoms with van der Waals surface area (Å²) in [5.74, 6) is 0.535. The highest BCUT2D eigenvalue weighted by Gasteiger charge is 2.21. The molecule has 2 N–H and O–H groups in total. The summed E-state index contributed by atoms with van der Waals surface area (Å²) in [6.45, 7) is 2.08. The molecule has 2 heterocycles. The zero-order valence-corrected chi connectivity index (χ0v) is 27.2. The van der Waals surface area contributed by atoms with Gasteiger partial charge >= 0.3 is 0 Å². The van der Waals surface area contributed by atoms with Crippen LogP contribution < -0.4 is 5.73 Å². The van der Waals surface area contributed by atoms with Crippen molar-refractivity contribution >= 4 is 49.4 Å². The van der Waals surface area contributed by atoms with Crippen LogP contribution in [0.3, 0.4) is 0 Å². The second-order valence-electron chi connectivity index (χ2n) is 12.6. The monoisotopic (exact) mass is 630 g/mol. The molecule has 1 atom stereocenters. The number of nitrogens with two attached hydrogens (primary N) is 1. The molecule has 0 aliphatic rings. The van der Waals surface area contributed by atoms with Gasteiger partial charge in [0.2, 0.25) is 0 Å². The van der Waals surface area contributed by atoms with Gasteiger partial charge in [0.1, 0.15) is 5.84 Å². The summed E-state index contributed by atoms with van der Waals surface area (Å²) in [5, 5.41) is 4.93. The standard InChI is InChI=1S/C45H34N4/c1-30(31-14-4-2-5-15-31)47-45(46)32-26-28-34(29-27-32)49-40-23-10-8-18-35(40)37-21-12-22-38(44(37)49)36-20-13-25-42-43(36)39-19-9-11-24-41(39)48(42)33-16-6-3-7-17-33/h2-30H,1H3,(H2,46,47). The lowest BCUT2D eigenvalue weighted by Crippen LogP contribution is -2.14. The quantitative estimate of drug-likeness (QED) is 0.144. The predicted molar refractivity (Wildman–Crippen MR) is 206 cm³/mol. The molecule has 0 bridgehead atoms. The molecular weight excluding hydrogens is 597 g/mol. The van der Waals surface area contributed by atoms with Crippen LogP contribution in [0, 0.1) is 0 Å². The molecule has 234 valence electrons. The molecule has 0 amide bonds. The molecule has 49 heavy (non-hydrogen) atoms. The molecule has 7 aromatic carbocycles. The number of aliphatic imine (C=N–C) groups is 1. The minimum absolute atomic E-state index is 0.0312. The second-order valence-corrected chi connectivity index (χ2v) is 12.6. The van der Waals surface area contributed by atoms with Gasteiger partial charge in [-0.25, -0.2) is 0 Å². The Bertz CT molecular complexity index is 2660. The normalized spacial score (nSPS) is 12.7. The number of amidine groups is 1.